The molecule has 0 unspecified atom stereocenters. The van der Waals surface area contributed by atoms with Crippen molar-refractivity contribution < 1.29 is 13.2 Å². The van der Waals surface area contributed by atoms with Crippen LogP contribution in [0.4, 0.5) is 5.69 Å². The van der Waals surface area contributed by atoms with Gasteiger partial charge in [0, 0.05) is 18.9 Å². The zero-order valence-electron chi connectivity index (χ0n) is 11.1. The van der Waals surface area contributed by atoms with Gasteiger partial charge in [0.1, 0.15) is 5.56 Å². The van der Waals surface area contributed by atoms with Crippen molar-refractivity contribution in [3.63, 3.8) is 0 Å². The number of nitrogens with two attached hydrogens (primary N) is 1. The molecule has 2 aromatic rings. The third kappa shape index (κ3) is 3.36. The molecule has 1 heterocycles. The van der Waals surface area contributed by atoms with Crippen molar-refractivity contribution in [2.24, 2.45) is 12.2 Å². The minimum atomic E-state index is -3.78. The van der Waals surface area contributed by atoms with Crippen molar-refractivity contribution in [3.8, 4) is 0 Å². The summed E-state index contributed by atoms with van der Waals surface area (Å²) in [5.41, 5.74) is -0.0648. The lowest BCUT2D eigenvalue weighted by Gasteiger charge is -2.06. The first-order valence-electron chi connectivity index (χ1n) is 5.89. The van der Waals surface area contributed by atoms with Crippen molar-refractivity contribution in [2.75, 3.05) is 5.32 Å². The summed E-state index contributed by atoms with van der Waals surface area (Å²) >= 11 is 0. The number of aryl methyl sites for hydroxylation is 1. The van der Waals surface area contributed by atoms with Gasteiger partial charge >= 0.3 is 0 Å². The van der Waals surface area contributed by atoms with Crippen molar-refractivity contribution in [2.45, 2.75) is 4.90 Å². The largest absolute Gasteiger partial charge is 0.322 e. The van der Waals surface area contributed by atoms with Crippen LogP contribution in [0.15, 0.2) is 52.3 Å². The maximum absolute atomic E-state index is 12.0. The Morgan fingerprint density at radius 1 is 1.19 bits per heavy atom. The molecule has 3 N–H and O–H groups in total. The summed E-state index contributed by atoms with van der Waals surface area (Å²) < 4.78 is 23.5. The Labute approximate surface area is 121 Å². The van der Waals surface area contributed by atoms with E-state index in [-0.39, 0.29) is 10.5 Å². The molecule has 0 aliphatic carbocycles. The van der Waals surface area contributed by atoms with Gasteiger partial charge in [0.25, 0.3) is 11.5 Å². The maximum Gasteiger partial charge on any atom is 0.263 e. The SMILES string of the molecule is Cn1cccc(C(=O)Nc2ccc(S(N)(=O)=O)cc2)c1=O. The number of nitrogens with one attached hydrogen (secondary N) is 1. The van der Waals surface area contributed by atoms with Crippen LogP contribution < -0.4 is 16.0 Å². The number of rotatable bonds is 3. The molecule has 0 aliphatic heterocycles. The normalized spacial score (nSPS) is 11.1. The number of pyridine rings is 1. The third-order valence-corrected chi connectivity index (χ3v) is 3.74. The summed E-state index contributed by atoms with van der Waals surface area (Å²) in [6.45, 7) is 0. The molecule has 21 heavy (non-hydrogen) atoms. The molecule has 0 radical (unpaired) electrons. The minimum Gasteiger partial charge on any atom is -0.322 e. The number of benzene rings is 1. The minimum absolute atomic E-state index is 0.00415. The number of hydrogen-bond donors (Lipinski definition) is 2. The average molecular weight is 307 g/mol. The topological polar surface area (TPSA) is 111 Å². The summed E-state index contributed by atoms with van der Waals surface area (Å²) in [6.07, 6.45) is 1.54. The molecule has 0 fully saturated rings. The van der Waals surface area contributed by atoms with E-state index in [0.717, 1.165) is 0 Å². The molecule has 2 rings (SSSR count). The van der Waals surface area contributed by atoms with Gasteiger partial charge in [-0.05, 0) is 36.4 Å². The summed E-state index contributed by atoms with van der Waals surface area (Å²) in [5, 5.41) is 7.49. The summed E-state index contributed by atoms with van der Waals surface area (Å²) in [7, 11) is -2.24. The highest BCUT2D eigenvalue weighted by atomic mass is 32.2. The fourth-order valence-electron chi connectivity index (χ4n) is 1.70. The first-order chi connectivity index (χ1) is 9.79. The number of aromatic nitrogens is 1. The highest BCUT2D eigenvalue weighted by Crippen LogP contribution is 2.13. The van der Waals surface area contributed by atoms with Gasteiger partial charge in [-0.25, -0.2) is 13.6 Å². The van der Waals surface area contributed by atoms with E-state index < -0.39 is 21.5 Å². The Bertz CT molecular complexity index is 838. The molecule has 0 saturated carbocycles. The van der Waals surface area contributed by atoms with Crippen LogP contribution in [-0.4, -0.2) is 18.9 Å². The van der Waals surface area contributed by atoms with Gasteiger partial charge in [-0.15, -0.1) is 0 Å². The highest BCUT2D eigenvalue weighted by molar-refractivity contribution is 7.89. The number of nitrogens with zero attached hydrogens (tertiary/aromatic N) is 1. The van der Waals surface area contributed by atoms with Gasteiger partial charge in [0.15, 0.2) is 0 Å². The molecule has 0 atom stereocenters. The highest BCUT2D eigenvalue weighted by Gasteiger charge is 2.12. The number of amides is 1. The van der Waals surface area contributed by atoms with Crippen LogP contribution in [0.25, 0.3) is 0 Å². The van der Waals surface area contributed by atoms with Crippen LogP contribution in [0.5, 0.6) is 0 Å². The monoisotopic (exact) mass is 307 g/mol. The Hall–Kier alpha value is -2.45. The van der Waals surface area contributed by atoms with E-state index >= 15 is 0 Å². The number of anilines is 1. The Morgan fingerprint density at radius 2 is 1.81 bits per heavy atom. The molecule has 0 aliphatic rings. The van der Waals surface area contributed by atoms with Crippen molar-refractivity contribution in [1.82, 2.24) is 4.57 Å². The van der Waals surface area contributed by atoms with E-state index in [1.54, 1.807) is 19.3 Å². The molecule has 0 bridgehead atoms. The molecule has 1 aromatic heterocycles. The number of carbonyl (C=O) groups is 1. The first-order valence-corrected chi connectivity index (χ1v) is 7.43. The van der Waals surface area contributed by atoms with Crippen LogP contribution >= 0.6 is 0 Å². The summed E-state index contributed by atoms with van der Waals surface area (Å²) in [4.78, 5) is 23.7. The second kappa shape index (κ2) is 5.51. The van der Waals surface area contributed by atoms with Crippen LogP contribution in [0.2, 0.25) is 0 Å². The third-order valence-electron chi connectivity index (χ3n) is 2.81. The first kappa shape index (κ1) is 14.9. The van der Waals surface area contributed by atoms with Gasteiger partial charge in [-0.1, -0.05) is 0 Å². The smallest absolute Gasteiger partial charge is 0.263 e. The molecule has 110 valence electrons. The molecule has 0 spiro atoms. The van der Waals surface area contributed by atoms with E-state index in [0.29, 0.717) is 5.69 Å². The quantitative estimate of drug-likeness (QED) is 0.848. The van der Waals surface area contributed by atoms with Crippen LogP contribution in [0.3, 0.4) is 0 Å². The average Bonchev–Trinajstić information content (AvgIpc) is 2.41. The second-order valence-electron chi connectivity index (χ2n) is 4.36. The van der Waals surface area contributed by atoms with E-state index in [2.05, 4.69) is 5.32 Å². The zero-order chi connectivity index (χ0) is 15.6. The van der Waals surface area contributed by atoms with Crippen LogP contribution in [0.1, 0.15) is 10.4 Å². The van der Waals surface area contributed by atoms with Gasteiger partial charge in [0.2, 0.25) is 10.0 Å². The van der Waals surface area contributed by atoms with Crippen LogP contribution in [0, 0.1) is 0 Å². The lowest BCUT2D eigenvalue weighted by atomic mass is 10.2. The van der Waals surface area contributed by atoms with Gasteiger partial charge in [-0.2, -0.15) is 0 Å². The van der Waals surface area contributed by atoms with Crippen molar-refractivity contribution in [3.05, 3.63) is 58.5 Å². The number of sulfonamides is 1. The summed E-state index contributed by atoms with van der Waals surface area (Å²) in [5.74, 6) is -0.570. The Morgan fingerprint density at radius 3 is 2.38 bits per heavy atom. The predicted molar refractivity (Wildman–Crippen MR) is 77.5 cm³/mol. The molecule has 1 amide bonds. The lowest BCUT2D eigenvalue weighted by molar-refractivity contribution is 0.102. The molecular formula is C13H13N3O4S. The number of primary sulfonamides is 1. The van der Waals surface area contributed by atoms with Crippen molar-refractivity contribution in [1.29, 1.82) is 0 Å². The standard InChI is InChI=1S/C13H13N3O4S/c1-16-8-2-3-11(13(16)18)12(17)15-9-4-6-10(7-5-9)21(14,19)20/h2-8H,1H3,(H,15,17)(H2,14,19,20). The lowest BCUT2D eigenvalue weighted by Crippen LogP contribution is -2.27. The van der Waals surface area contributed by atoms with Crippen molar-refractivity contribution >= 4 is 21.6 Å². The number of hydrogen-bond acceptors (Lipinski definition) is 4. The van der Waals surface area contributed by atoms with Gasteiger partial charge < -0.3 is 9.88 Å². The van der Waals surface area contributed by atoms with E-state index in [9.17, 15) is 18.0 Å². The molecule has 8 heteroatoms. The van der Waals surface area contributed by atoms with Gasteiger partial charge in [0.05, 0.1) is 4.90 Å². The molecule has 1 aromatic carbocycles. The fraction of sp³-hybridized carbons (Fsp3) is 0.0769. The second-order valence-corrected chi connectivity index (χ2v) is 5.92. The van der Waals surface area contributed by atoms with E-state index in [4.69, 9.17) is 5.14 Å². The predicted octanol–water partition coefficient (Wildman–Crippen LogP) is 0.285. The zero-order valence-corrected chi connectivity index (χ0v) is 11.9. The van der Waals surface area contributed by atoms with Gasteiger partial charge in [-0.3, -0.25) is 9.59 Å². The van der Waals surface area contributed by atoms with E-state index in [1.807, 2.05) is 0 Å². The van der Waals surface area contributed by atoms with Crippen LogP contribution in [-0.2, 0) is 17.1 Å². The molecule has 7 nitrogen and oxygen atoms in total. The fourth-order valence-corrected chi connectivity index (χ4v) is 2.21. The molecular weight excluding hydrogens is 294 g/mol. The Balaban J connectivity index is 2.24. The summed E-state index contributed by atoms with van der Waals surface area (Å²) in [6, 6.07) is 8.33. The Kier molecular flexibility index (Phi) is 3.92. The molecule has 0 saturated heterocycles. The van der Waals surface area contributed by atoms with E-state index in [1.165, 1.54) is 34.9 Å². The number of carbonyl (C=O) groups excluding carboxylic acids is 1. The maximum atomic E-state index is 12.0.